The molecule has 0 N–H and O–H groups in total. The minimum absolute atomic E-state index is 0.0758. The van der Waals surface area contributed by atoms with Crippen LogP contribution < -0.4 is 0 Å². The quantitative estimate of drug-likeness (QED) is 0.461. The van der Waals surface area contributed by atoms with Gasteiger partial charge in [0.15, 0.2) is 0 Å². The van der Waals surface area contributed by atoms with E-state index >= 15 is 0 Å². The second-order valence-electron chi connectivity index (χ2n) is 2.24. The Morgan fingerprint density at radius 3 is 2.62 bits per heavy atom. The van der Waals surface area contributed by atoms with E-state index < -0.39 is 12.4 Å². The van der Waals surface area contributed by atoms with E-state index in [1.165, 1.54) is 22.6 Å². The van der Waals surface area contributed by atoms with Crippen molar-refractivity contribution >= 4 is 34.2 Å². The Bertz CT molecular complexity index is 319. The Morgan fingerprint density at radius 2 is 2.15 bits per heavy atom. The fourth-order valence-electron chi connectivity index (χ4n) is 0.797. The average Bonchev–Trinajstić information content (AvgIpc) is 2.09. The normalized spacial score (nSPS) is 10.9. The van der Waals surface area contributed by atoms with Crippen LogP contribution in [0.1, 0.15) is 17.7 Å². The van der Waals surface area contributed by atoms with Crippen molar-refractivity contribution in [1.82, 2.24) is 4.98 Å². The smallest absolute Gasteiger partial charge is 0.223 e. The Balaban J connectivity index is 3.25. The molecule has 0 fully saturated rings. The molecule has 0 aromatic carbocycles. The molecule has 0 aliphatic carbocycles. The molecule has 0 saturated carbocycles. The predicted molar refractivity (Wildman–Crippen MR) is 51.4 cm³/mol. The summed E-state index contributed by atoms with van der Waals surface area (Å²) in [6.45, 7) is 0. The lowest BCUT2D eigenvalue weighted by molar-refractivity contribution is 0.149. The number of hydrogen-bond acceptors (Lipinski definition) is 1. The van der Waals surface area contributed by atoms with Crippen LogP contribution in [0.2, 0.25) is 0 Å². The summed E-state index contributed by atoms with van der Waals surface area (Å²) in [5.41, 5.74) is -0.237. The molecular formula is C7H4ClF3IN. The average molecular weight is 321 g/mol. The number of alkyl halides is 3. The third-order valence-electron chi connectivity index (χ3n) is 1.37. The third kappa shape index (κ3) is 2.46. The number of nitrogens with zero attached hydrogens (tertiary/aromatic N) is 1. The van der Waals surface area contributed by atoms with Gasteiger partial charge in [-0.05, 0) is 28.7 Å². The summed E-state index contributed by atoms with van der Waals surface area (Å²) in [6, 6.07) is 1.11. The monoisotopic (exact) mass is 321 g/mol. The van der Waals surface area contributed by atoms with Crippen molar-refractivity contribution < 1.29 is 13.2 Å². The van der Waals surface area contributed by atoms with Crippen molar-refractivity contribution in [3.05, 3.63) is 26.8 Å². The number of pyridine rings is 1. The van der Waals surface area contributed by atoms with Crippen molar-refractivity contribution in [3.8, 4) is 0 Å². The summed E-state index contributed by atoms with van der Waals surface area (Å²) in [5, 5.41) is 0. The van der Waals surface area contributed by atoms with Crippen molar-refractivity contribution in [2.75, 3.05) is 0 Å². The Morgan fingerprint density at radius 1 is 1.54 bits per heavy atom. The zero-order valence-electron chi connectivity index (χ0n) is 6.20. The molecule has 0 amide bonds. The SMILES string of the molecule is Fc1nc(CCl)cc(C(F)F)c1I. The van der Waals surface area contributed by atoms with Crippen LogP contribution in [0.25, 0.3) is 0 Å². The van der Waals surface area contributed by atoms with Gasteiger partial charge in [0.05, 0.1) is 15.1 Å². The Labute approximate surface area is 91.4 Å². The van der Waals surface area contributed by atoms with Gasteiger partial charge in [-0.2, -0.15) is 4.39 Å². The van der Waals surface area contributed by atoms with Crippen molar-refractivity contribution in [2.24, 2.45) is 0 Å². The van der Waals surface area contributed by atoms with Gasteiger partial charge in [-0.25, -0.2) is 13.8 Å². The van der Waals surface area contributed by atoms with E-state index in [4.69, 9.17) is 11.6 Å². The van der Waals surface area contributed by atoms with Gasteiger partial charge in [-0.15, -0.1) is 11.6 Å². The molecule has 0 unspecified atom stereocenters. The molecule has 0 aliphatic rings. The zero-order chi connectivity index (χ0) is 10.0. The lowest BCUT2D eigenvalue weighted by atomic mass is 10.2. The minimum Gasteiger partial charge on any atom is -0.223 e. The van der Waals surface area contributed by atoms with E-state index in [1.807, 2.05) is 0 Å². The minimum atomic E-state index is -2.70. The van der Waals surface area contributed by atoms with Gasteiger partial charge in [0.1, 0.15) is 0 Å². The predicted octanol–water partition coefficient (Wildman–Crippen LogP) is 3.50. The van der Waals surface area contributed by atoms with Crippen LogP contribution >= 0.6 is 34.2 Å². The van der Waals surface area contributed by atoms with E-state index in [2.05, 4.69) is 4.98 Å². The van der Waals surface area contributed by atoms with E-state index in [-0.39, 0.29) is 20.7 Å². The first-order valence-electron chi connectivity index (χ1n) is 3.25. The lowest BCUT2D eigenvalue weighted by Crippen LogP contribution is -2.00. The molecule has 0 radical (unpaired) electrons. The molecule has 1 heterocycles. The van der Waals surface area contributed by atoms with Crippen molar-refractivity contribution in [1.29, 1.82) is 0 Å². The maximum atomic E-state index is 12.9. The van der Waals surface area contributed by atoms with Gasteiger partial charge in [0.2, 0.25) is 5.95 Å². The summed E-state index contributed by atoms with van der Waals surface area (Å²) in [6.07, 6.45) is -2.70. The first-order valence-corrected chi connectivity index (χ1v) is 4.86. The number of aromatic nitrogens is 1. The largest absolute Gasteiger partial charge is 0.265 e. The number of rotatable bonds is 2. The maximum absolute atomic E-state index is 12.9. The Kier molecular flexibility index (Phi) is 3.78. The Hall–Kier alpha value is -0.0400. The highest BCUT2D eigenvalue weighted by Crippen LogP contribution is 2.26. The third-order valence-corrected chi connectivity index (χ3v) is 2.71. The van der Waals surface area contributed by atoms with Crippen LogP contribution in [0.4, 0.5) is 13.2 Å². The molecule has 0 aliphatic heterocycles. The fourth-order valence-corrected chi connectivity index (χ4v) is 1.45. The topological polar surface area (TPSA) is 12.9 Å². The van der Waals surface area contributed by atoms with Gasteiger partial charge >= 0.3 is 0 Å². The highest BCUT2D eigenvalue weighted by atomic mass is 127. The van der Waals surface area contributed by atoms with Crippen LogP contribution in [-0.4, -0.2) is 4.98 Å². The molecule has 0 atom stereocenters. The highest BCUT2D eigenvalue weighted by molar-refractivity contribution is 14.1. The van der Waals surface area contributed by atoms with E-state index in [0.717, 1.165) is 6.07 Å². The molecule has 1 aromatic rings. The second-order valence-corrected chi connectivity index (χ2v) is 3.59. The first-order chi connectivity index (χ1) is 6.06. The van der Waals surface area contributed by atoms with Gasteiger partial charge in [0.25, 0.3) is 6.43 Å². The lowest BCUT2D eigenvalue weighted by Gasteiger charge is -2.05. The highest BCUT2D eigenvalue weighted by Gasteiger charge is 2.17. The standard InChI is InChI=1S/C7H4ClF3IN/c8-2-3-1-4(6(9)10)5(12)7(11)13-3/h1,6H,2H2. The van der Waals surface area contributed by atoms with Crippen LogP contribution in [0.3, 0.4) is 0 Å². The summed E-state index contributed by atoms with van der Waals surface area (Å²) in [5.74, 6) is -0.970. The zero-order valence-corrected chi connectivity index (χ0v) is 9.11. The number of halogens is 5. The molecule has 72 valence electrons. The van der Waals surface area contributed by atoms with Crippen LogP contribution in [-0.2, 0) is 5.88 Å². The molecule has 6 heteroatoms. The van der Waals surface area contributed by atoms with Gasteiger partial charge in [-0.1, -0.05) is 0 Å². The molecule has 13 heavy (non-hydrogen) atoms. The number of hydrogen-bond donors (Lipinski definition) is 0. The fraction of sp³-hybridized carbons (Fsp3) is 0.286. The second kappa shape index (κ2) is 4.45. The van der Waals surface area contributed by atoms with Gasteiger partial charge in [-0.3, -0.25) is 0 Å². The summed E-state index contributed by atoms with van der Waals surface area (Å²) >= 11 is 6.84. The summed E-state index contributed by atoms with van der Waals surface area (Å²) < 4.78 is 37.3. The van der Waals surface area contributed by atoms with Crippen LogP contribution in [0.5, 0.6) is 0 Å². The van der Waals surface area contributed by atoms with Gasteiger partial charge < -0.3 is 0 Å². The van der Waals surface area contributed by atoms with Crippen LogP contribution in [0, 0.1) is 9.52 Å². The molecule has 0 saturated heterocycles. The van der Waals surface area contributed by atoms with E-state index in [9.17, 15) is 13.2 Å². The van der Waals surface area contributed by atoms with Crippen LogP contribution in [0.15, 0.2) is 6.07 Å². The molecule has 1 rings (SSSR count). The van der Waals surface area contributed by atoms with E-state index in [1.54, 1.807) is 0 Å². The molecular weight excluding hydrogens is 317 g/mol. The molecule has 0 spiro atoms. The summed E-state index contributed by atoms with van der Waals surface area (Å²) in [4.78, 5) is 3.39. The molecule has 1 aromatic heterocycles. The summed E-state index contributed by atoms with van der Waals surface area (Å²) in [7, 11) is 0. The van der Waals surface area contributed by atoms with E-state index in [0.29, 0.717) is 0 Å². The van der Waals surface area contributed by atoms with Crippen molar-refractivity contribution in [3.63, 3.8) is 0 Å². The van der Waals surface area contributed by atoms with Gasteiger partial charge in [0, 0.05) is 5.56 Å². The maximum Gasteiger partial charge on any atom is 0.265 e. The van der Waals surface area contributed by atoms with Crippen molar-refractivity contribution in [2.45, 2.75) is 12.3 Å². The molecule has 0 bridgehead atoms. The molecule has 1 nitrogen and oxygen atoms in total. The first kappa shape index (κ1) is 11.0.